The molecule has 0 amide bonds. The first-order valence-electron chi connectivity index (χ1n) is 12.2. The number of aliphatic hydroxyl groups is 1. The van der Waals surface area contributed by atoms with E-state index >= 15 is 0 Å². The quantitative estimate of drug-likeness (QED) is 0.406. The van der Waals surface area contributed by atoms with Crippen LogP contribution < -0.4 is 4.90 Å². The fraction of sp³-hybridized carbons (Fsp3) is 0.483. The van der Waals surface area contributed by atoms with Gasteiger partial charge in [0.25, 0.3) is 0 Å². The van der Waals surface area contributed by atoms with E-state index in [9.17, 15) is 15.0 Å². The number of thioether (sulfide) groups is 1. The molecule has 0 saturated carbocycles. The number of anilines is 1. The second-order valence-corrected chi connectivity index (χ2v) is 12.2. The smallest absolute Gasteiger partial charge is 0.349 e. The monoisotopic (exact) mass is 497 g/mol. The van der Waals surface area contributed by atoms with Crippen LogP contribution in [0.3, 0.4) is 0 Å². The van der Waals surface area contributed by atoms with Crippen LogP contribution in [0.2, 0.25) is 0 Å². The van der Waals surface area contributed by atoms with Crippen molar-refractivity contribution in [2.45, 2.75) is 76.7 Å². The van der Waals surface area contributed by atoms with Gasteiger partial charge in [-0.1, -0.05) is 58.5 Å². The van der Waals surface area contributed by atoms with Gasteiger partial charge >= 0.3 is 5.97 Å². The molecule has 2 aromatic rings. The number of benzene rings is 2. The number of hydrogen-bond acceptors (Lipinski definition) is 6. The second-order valence-electron chi connectivity index (χ2n) is 11.1. The first-order chi connectivity index (χ1) is 16.2. The Labute approximate surface area is 214 Å². The summed E-state index contributed by atoms with van der Waals surface area (Å²) >= 11 is 1.31. The van der Waals surface area contributed by atoms with Gasteiger partial charge in [-0.05, 0) is 72.1 Å². The average molecular weight is 498 g/mol. The molecule has 0 radical (unpaired) electrons. The fourth-order valence-corrected chi connectivity index (χ4v) is 5.80. The number of aromatic hydroxyl groups is 1. The number of aliphatic hydroxyl groups excluding tert-OH is 1. The van der Waals surface area contributed by atoms with Crippen LogP contribution in [0.1, 0.15) is 64.2 Å². The molecule has 1 aliphatic heterocycles. The van der Waals surface area contributed by atoms with E-state index in [0.717, 1.165) is 27.3 Å². The van der Waals surface area contributed by atoms with Crippen LogP contribution in [0, 0.1) is 12.8 Å². The summed E-state index contributed by atoms with van der Waals surface area (Å²) in [7, 11) is 4.05. The molecule has 2 aromatic carbocycles. The first kappa shape index (κ1) is 27.0. The third kappa shape index (κ3) is 5.97. The predicted octanol–water partition coefficient (Wildman–Crippen LogP) is 6.90. The van der Waals surface area contributed by atoms with Crippen LogP contribution >= 0.6 is 11.8 Å². The third-order valence-electron chi connectivity index (χ3n) is 6.84. The Morgan fingerprint density at radius 3 is 2.26 bits per heavy atom. The number of aryl methyl sites for hydroxylation is 2. The molecule has 0 bridgehead atoms. The fourth-order valence-electron chi connectivity index (χ4n) is 4.55. The van der Waals surface area contributed by atoms with Crippen molar-refractivity contribution in [3.05, 3.63) is 63.8 Å². The Hall–Kier alpha value is -2.60. The highest BCUT2D eigenvalue weighted by Crippen LogP contribution is 2.46. The van der Waals surface area contributed by atoms with Crippen LogP contribution in [0.25, 0.3) is 0 Å². The van der Waals surface area contributed by atoms with Gasteiger partial charge in [0.05, 0.1) is 0 Å². The molecule has 5 nitrogen and oxygen atoms in total. The summed E-state index contributed by atoms with van der Waals surface area (Å²) in [6, 6.07) is 11.3. The van der Waals surface area contributed by atoms with Crippen molar-refractivity contribution in [3.8, 4) is 5.75 Å². The molecule has 2 N–H and O–H groups in total. The molecular formula is C29H39NO4S. The first-order valence-corrected chi connectivity index (χ1v) is 13.0. The van der Waals surface area contributed by atoms with E-state index in [-0.39, 0.29) is 34.2 Å². The number of rotatable bonds is 7. The van der Waals surface area contributed by atoms with Gasteiger partial charge < -0.3 is 19.8 Å². The minimum atomic E-state index is -0.777. The van der Waals surface area contributed by atoms with Gasteiger partial charge in [0.1, 0.15) is 22.0 Å². The number of carbonyl (C=O) groups is 1. The lowest BCUT2D eigenvalue weighted by Crippen LogP contribution is -2.44. The minimum absolute atomic E-state index is 0.0315. The zero-order valence-electron chi connectivity index (χ0n) is 22.2. The molecule has 6 heteroatoms. The molecule has 0 fully saturated rings. The Morgan fingerprint density at radius 2 is 1.74 bits per heavy atom. The van der Waals surface area contributed by atoms with Gasteiger partial charge in [0.2, 0.25) is 0 Å². The summed E-state index contributed by atoms with van der Waals surface area (Å²) in [5.74, 6) is -0.113. The summed E-state index contributed by atoms with van der Waals surface area (Å²) in [5, 5.41) is 20.7. The zero-order chi connectivity index (χ0) is 26.1. The van der Waals surface area contributed by atoms with Gasteiger partial charge in [-0.2, -0.15) is 0 Å². The SMILES string of the molecule is Cc1cc(SC2=C(O)C[C@@](CCc3ccc(O)cc3)(C(C)C)OC2=O)c(C(C)(C)C)cc1N(C)C. The molecule has 0 aromatic heterocycles. The van der Waals surface area contributed by atoms with E-state index in [1.165, 1.54) is 11.8 Å². The van der Waals surface area contributed by atoms with Crippen molar-refractivity contribution < 1.29 is 19.7 Å². The van der Waals surface area contributed by atoms with Crippen LogP contribution in [0.15, 0.2) is 52.0 Å². The summed E-state index contributed by atoms with van der Waals surface area (Å²) in [5.41, 5.74) is 3.51. The number of esters is 1. The molecule has 0 saturated heterocycles. The number of nitrogens with zero attached hydrogens (tertiary/aromatic N) is 1. The van der Waals surface area contributed by atoms with E-state index in [4.69, 9.17) is 4.74 Å². The highest BCUT2D eigenvalue weighted by Gasteiger charge is 2.44. The van der Waals surface area contributed by atoms with E-state index < -0.39 is 11.6 Å². The largest absolute Gasteiger partial charge is 0.511 e. The molecule has 35 heavy (non-hydrogen) atoms. The van der Waals surface area contributed by atoms with E-state index in [1.807, 2.05) is 40.1 Å². The van der Waals surface area contributed by atoms with Crippen molar-refractivity contribution in [2.24, 2.45) is 5.92 Å². The third-order valence-corrected chi connectivity index (χ3v) is 8.00. The summed E-state index contributed by atoms with van der Waals surface area (Å²) in [6.45, 7) is 12.6. The van der Waals surface area contributed by atoms with E-state index in [0.29, 0.717) is 12.8 Å². The van der Waals surface area contributed by atoms with Crippen molar-refractivity contribution in [1.29, 1.82) is 0 Å². The van der Waals surface area contributed by atoms with Crippen molar-refractivity contribution in [3.63, 3.8) is 0 Å². The van der Waals surface area contributed by atoms with Gasteiger partial charge in [0, 0.05) is 31.1 Å². The Balaban J connectivity index is 1.92. The molecule has 1 atom stereocenters. The van der Waals surface area contributed by atoms with Gasteiger partial charge in [-0.15, -0.1) is 0 Å². The number of phenolic OH excluding ortho intramolecular Hbond substituents is 1. The molecule has 0 spiro atoms. The maximum Gasteiger partial charge on any atom is 0.349 e. The molecule has 3 rings (SSSR count). The lowest BCUT2D eigenvalue weighted by molar-refractivity contribution is -0.164. The van der Waals surface area contributed by atoms with Crippen LogP contribution in [-0.4, -0.2) is 35.9 Å². The lowest BCUT2D eigenvalue weighted by Gasteiger charge is -2.40. The maximum absolute atomic E-state index is 13.3. The highest BCUT2D eigenvalue weighted by molar-refractivity contribution is 8.04. The number of phenols is 1. The summed E-state index contributed by atoms with van der Waals surface area (Å²) < 4.78 is 6.12. The standard InChI is InChI=1S/C29H39NO4S/c1-18(2)29(14-13-20-9-11-21(31)12-10-20)17-24(32)26(27(33)34-29)35-25-15-19(3)23(30(7)8)16-22(25)28(4,5)6/h9-12,15-16,18,31-32H,13-14,17H2,1-8H3/t29-/m0/s1. The van der Waals surface area contributed by atoms with Crippen molar-refractivity contribution >= 4 is 23.4 Å². The Morgan fingerprint density at radius 1 is 1.11 bits per heavy atom. The minimum Gasteiger partial charge on any atom is -0.511 e. The molecular weight excluding hydrogens is 458 g/mol. The number of hydrogen-bond donors (Lipinski definition) is 2. The van der Waals surface area contributed by atoms with Crippen LogP contribution in [0.4, 0.5) is 5.69 Å². The summed E-state index contributed by atoms with van der Waals surface area (Å²) in [6.07, 6.45) is 1.56. The van der Waals surface area contributed by atoms with Crippen LogP contribution in [-0.2, 0) is 21.4 Å². The molecule has 190 valence electrons. The molecule has 1 heterocycles. The van der Waals surface area contributed by atoms with E-state index in [2.05, 4.69) is 44.7 Å². The Kier molecular flexibility index (Phi) is 7.85. The maximum atomic E-state index is 13.3. The van der Waals surface area contributed by atoms with Crippen LogP contribution in [0.5, 0.6) is 5.75 Å². The Bertz CT molecular complexity index is 1110. The summed E-state index contributed by atoms with van der Waals surface area (Å²) in [4.78, 5) is 16.6. The average Bonchev–Trinajstić information content (AvgIpc) is 2.74. The normalized spacial score (nSPS) is 18.7. The lowest BCUT2D eigenvalue weighted by atomic mass is 9.80. The number of ether oxygens (including phenoxy) is 1. The van der Waals surface area contributed by atoms with Crippen molar-refractivity contribution in [1.82, 2.24) is 0 Å². The number of carbonyl (C=O) groups excluding carboxylic acids is 1. The van der Waals surface area contributed by atoms with E-state index in [1.54, 1.807) is 12.1 Å². The number of cyclic esters (lactones) is 1. The highest BCUT2D eigenvalue weighted by atomic mass is 32.2. The predicted molar refractivity (Wildman–Crippen MR) is 144 cm³/mol. The second kappa shape index (κ2) is 10.2. The molecule has 0 unspecified atom stereocenters. The van der Waals surface area contributed by atoms with Gasteiger partial charge in [-0.3, -0.25) is 0 Å². The molecule has 0 aliphatic carbocycles. The topological polar surface area (TPSA) is 70.0 Å². The van der Waals surface area contributed by atoms with Gasteiger partial charge in [-0.25, -0.2) is 4.79 Å². The molecule has 1 aliphatic rings. The van der Waals surface area contributed by atoms with Gasteiger partial charge in [0.15, 0.2) is 0 Å². The zero-order valence-corrected chi connectivity index (χ0v) is 23.0. The van der Waals surface area contributed by atoms with Crippen molar-refractivity contribution in [2.75, 3.05) is 19.0 Å².